The van der Waals surface area contributed by atoms with Crippen molar-refractivity contribution in [2.24, 2.45) is 11.8 Å². The van der Waals surface area contributed by atoms with Crippen molar-refractivity contribution in [2.45, 2.75) is 104 Å². The van der Waals surface area contributed by atoms with Gasteiger partial charge in [0, 0.05) is 70.9 Å². The molecule has 2 aliphatic carbocycles. The van der Waals surface area contributed by atoms with Gasteiger partial charge in [-0.3, -0.25) is 10.6 Å². The summed E-state index contributed by atoms with van der Waals surface area (Å²) in [6.07, 6.45) is 15.3. The number of nitrogens with one attached hydrogen (secondary N) is 4. The van der Waals surface area contributed by atoms with Gasteiger partial charge in [0.2, 0.25) is 11.8 Å². The molecule has 4 atom stereocenters. The Labute approximate surface area is 405 Å². The third-order valence-corrected chi connectivity index (χ3v) is 14.2. The number of carbonyl (C=O) groups is 2. The number of amides is 2. The molecule has 0 unspecified atom stereocenters. The molecule has 6 heterocycles. The van der Waals surface area contributed by atoms with Crippen molar-refractivity contribution in [3.05, 3.63) is 71.8 Å². The van der Waals surface area contributed by atoms with Crippen molar-refractivity contribution >= 4 is 68.1 Å². The fraction of sp³-hybridized carbons (Fsp3) is 0.423. The largest absolute Gasteiger partial charge is 0.474 e. The molecule has 18 heteroatoms. The normalized spacial score (nSPS) is 19.4. The number of ether oxygens (including phenoxy) is 4. The van der Waals surface area contributed by atoms with Crippen LogP contribution in [0.2, 0.25) is 0 Å². The predicted octanol–water partition coefficient (Wildman–Crippen LogP) is 11.3. The molecule has 0 bridgehead atoms. The van der Waals surface area contributed by atoms with Gasteiger partial charge in [-0.05, 0) is 123 Å². The van der Waals surface area contributed by atoms with E-state index < -0.39 is 23.8 Å². The summed E-state index contributed by atoms with van der Waals surface area (Å²) in [5.74, 6) is 1.34. The number of halogens is 2. The monoisotopic (exact) mass is 958 g/mol. The summed E-state index contributed by atoms with van der Waals surface area (Å²) < 4.78 is 53.3. The molecule has 2 amide bonds. The molecular formula is C52H60F2N10O6. The summed E-state index contributed by atoms with van der Waals surface area (Å²) in [7, 11) is 0. The number of anilines is 6. The summed E-state index contributed by atoms with van der Waals surface area (Å²) in [6.45, 7) is 10.4. The predicted molar refractivity (Wildman–Crippen MR) is 268 cm³/mol. The molecule has 6 aromatic rings. The van der Waals surface area contributed by atoms with Crippen molar-refractivity contribution in [3.63, 3.8) is 0 Å². The molecule has 0 radical (unpaired) electrons. The van der Waals surface area contributed by atoms with Gasteiger partial charge in [0.25, 0.3) is 0 Å². The van der Waals surface area contributed by atoms with Crippen molar-refractivity contribution in [1.29, 1.82) is 0 Å². The first-order valence-corrected chi connectivity index (χ1v) is 24.4. The van der Waals surface area contributed by atoms with E-state index in [2.05, 4.69) is 55.1 Å². The number of aromatic nitrogens is 4. The summed E-state index contributed by atoms with van der Waals surface area (Å²) in [5.41, 5.74) is 17.3. The maximum atomic E-state index is 15.3. The zero-order valence-corrected chi connectivity index (χ0v) is 40.0. The molecular weight excluding hydrogens is 899 g/mol. The van der Waals surface area contributed by atoms with E-state index in [9.17, 15) is 9.59 Å². The van der Waals surface area contributed by atoms with E-state index in [1.807, 2.05) is 13.8 Å². The summed E-state index contributed by atoms with van der Waals surface area (Å²) >= 11 is 0. The third kappa shape index (κ3) is 9.81. The SMILES string of the molecule is CC[C@@H]1CCCC[C@H]1OC(=O)Nc1cc2cc(-c3cnc4c(c3C)NCCO4)c(F)c(N)c2cn1.CC[C@H]1CCCC[C@@H]1OC(=O)Nc1cc2cc(-c3cnc4c(c3C)NCCO4)c(F)c(N)c2cn1. The highest BCUT2D eigenvalue weighted by atomic mass is 19.1. The van der Waals surface area contributed by atoms with Crippen LogP contribution in [0.1, 0.15) is 89.2 Å². The van der Waals surface area contributed by atoms with Gasteiger partial charge in [-0.1, -0.05) is 26.7 Å². The van der Waals surface area contributed by atoms with Gasteiger partial charge in [-0.25, -0.2) is 38.3 Å². The van der Waals surface area contributed by atoms with Crippen LogP contribution in [0.5, 0.6) is 11.8 Å². The Morgan fingerprint density at radius 2 is 1.04 bits per heavy atom. The number of nitrogens with two attached hydrogens (primary N) is 2. The number of nitrogen functional groups attached to an aromatic ring is 2. The Bertz CT molecular complexity index is 2760. The minimum atomic E-state index is -0.538. The van der Waals surface area contributed by atoms with Crippen LogP contribution in [0, 0.1) is 37.3 Å². The van der Waals surface area contributed by atoms with Crippen molar-refractivity contribution in [2.75, 3.05) is 59.0 Å². The molecule has 4 aromatic heterocycles. The molecule has 2 saturated carbocycles. The van der Waals surface area contributed by atoms with Gasteiger partial charge in [0.1, 0.15) is 48.4 Å². The summed E-state index contributed by atoms with van der Waals surface area (Å²) in [5, 5.41) is 14.2. The molecule has 2 aliphatic heterocycles. The molecule has 368 valence electrons. The number of pyridine rings is 4. The van der Waals surface area contributed by atoms with Gasteiger partial charge in [0.15, 0.2) is 11.6 Å². The van der Waals surface area contributed by atoms with Crippen LogP contribution in [0.4, 0.5) is 52.8 Å². The second-order valence-electron chi connectivity index (χ2n) is 18.4. The average Bonchev–Trinajstić information content (AvgIpc) is 3.37. The van der Waals surface area contributed by atoms with Crippen molar-refractivity contribution < 1.29 is 37.3 Å². The second kappa shape index (κ2) is 20.8. The molecule has 2 aromatic carbocycles. The molecule has 0 spiro atoms. The first-order valence-electron chi connectivity index (χ1n) is 24.4. The first-order chi connectivity index (χ1) is 33.9. The van der Waals surface area contributed by atoms with Crippen LogP contribution in [0.3, 0.4) is 0 Å². The van der Waals surface area contributed by atoms with E-state index in [0.717, 1.165) is 73.9 Å². The van der Waals surface area contributed by atoms with Crippen LogP contribution in [0.25, 0.3) is 43.8 Å². The van der Waals surface area contributed by atoms with Crippen molar-refractivity contribution in [1.82, 2.24) is 19.9 Å². The van der Waals surface area contributed by atoms with Gasteiger partial charge in [-0.2, -0.15) is 0 Å². The summed E-state index contributed by atoms with van der Waals surface area (Å²) in [4.78, 5) is 42.4. The zero-order valence-electron chi connectivity index (χ0n) is 40.0. The Kier molecular flexibility index (Phi) is 14.2. The smallest absolute Gasteiger partial charge is 0.413 e. The fourth-order valence-corrected chi connectivity index (χ4v) is 10.2. The Hall–Kier alpha value is -7.24. The minimum Gasteiger partial charge on any atom is -0.474 e. The van der Waals surface area contributed by atoms with Gasteiger partial charge >= 0.3 is 12.2 Å². The van der Waals surface area contributed by atoms with Crippen LogP contribution >= 0.6 is 0 Å². The number of hydrogen-bond acceptors (Lipinski definition) is 14. The Morgan fingerprint density at radius 3 is 1.46 bits per heavy atom. The van der Waals surface area contributed by atoms with E-state index in [1.165, 1.54) is 25.2 Å². The Morgan fingerprint density at radius 1 is 0.629 bits per heavy atom. The first kappa shape index (κ1) is 47.8. The molecule has 10 rings (SSSR count). The maximum Gasteiger partial charge on any atom is 0.413 e. The lowest BCUT2D eigenvalue weighted by atomic mass is 9.85. The van der Waals surface area contributed by atoms with Crippen LogP contribution in [0.15, 0.2) is 49.1 Å². The Balaban J connectivity index is 0.000000174. The molecule has 8 N–H and O–H groups in total. The maximum absolute atomic E-state index is 15.3. The molecule has 70 heavy (non-hydrogen) atoms. The van der Waals surface area contributed by atoms with Crippen LogP contribution < -0.4 is 42.2 Å². The number of rotatable bonds is 8. The minimum absolute atomic E-state index is 0.00607. The number of nitrogens with zero attached hydrogens (tertiary/aromatic N) is 4. The molecule has 4 aliphatic rings. The standard InChI is InChI=1S/2C26H30FN5O3/c2*1-3-15-6-4-5-7-20(15)35-26(33)32-21-11-16-10-17(22(27)23(28)19(16)13-30-21)18-12-31-25-24(14(18)2)29-8-9-34-25/h2*10-13,15,20,29H,3-9,28H2,1-2H3,(H,30,32,33)/t2*15-,20-/m10/s1. The number of carbonyl (C=O) groups excluding carboxylic acids is 2. The number of benzene rings is 2. The fourth-order valence-electron chi connectivity index (χ4n) is 10.2. The van der Waals surface area contributed by atoms with Gasteiger partial charge in [-0.15, -0.1) is 0 Å². The van der Waals surface area contributed by atoms with Crippen LogP contribution in [-0.4, -0.2) is 70.6 Å². The lowest BCUT2D eigenvalue weighted by Gasteiger charge is -2.30. The number of fused-ring (bicyclic) bond motifs is 4. The molecule has 0 saturated heterocycles. The van der Waals surface area contributed by atoms with E-state index in [-0.39, 0.29) is 23.6 Å². The number of hydrogen-bond donors (Lipinski definition) is 6. The van der Waals surface area contributed by atoms with E-state index in [0.29, 0.717) is 105 Å². The van der Waals surface area contributed by atoms with Gasteiger partial charge < -0.3 is 41.0 Å². The lowest BCUT2D eigenvalue weighted by molar-refractivity contribution is 0.0438. The van der Waals surface area contributed by atoms with E-state index >= 15 is 8.78 Å². The van der Waals surface area contributed by atoms with Crippen molar-refractivity contribution in [3.8, 4) is 34.0 Å². The molecule has 2 fully saturated rings. The highest BCUT2D eigenvalue weighted by Crippen LogP contribution is 2.42. The topological polar surface area (TPSA) is 223 Å². The average molecular weight is 959 g/mol. The van der Waals surface area contributed by atoms with Crippen LogP contribution in [-0.2, 0) is 9.47 Å². The highest BCUT2D eigenvalue weighted by molar-refractivity contribution is 6.01. The van der Waals surface area contributed by atoms with E-state index in [1.54, 1.807) is 36.7 Å². The summed E-state index contributed by atoms with van der Waals surface area (Å²) in [6, 6.07) is 6.76. The highest BCUT2D eigenvalue weighted by Gasteiger charge is 2.29. The lowest BCUT2D eigenvalue weighted by Crippen LogP contribution is -2.31. The van der Waals surface area contributed by atoms with Gasteiger partial charge in [0.05, 0.1) is 11.4 Å². The zero-order chi connectivity index (χ0) is 49.1. The third-order valence-electron chi connectivity index (χ3n) is 14.2. The quantitative estimate of drug-likeness (QED) is 0.0781. The second-order valence-corrected chi connectivity index (χ2v) is 18.4. The molecule has 16 nitrogen and oxygen atoms in total. The van der Waals surface area contributed by atoms with E-state index in [4.69, 9.17) is 30.4 Å².